The highest BCUT2D eigenvalue weighted by Gasteiger charge is 2.48. The zero-order chi connectivity index (χ0) is 27.2. The van der Waals surface area contributed by atoms with Gasteiger partial charge in [0.15, 0.2) is 8.32 Å². The molecule has 4 nitrogen and oxygen atoms in total. The predicted octanol–water partition coefficient (Wildman–Crippen LogP) is 8.30. The number of rotatable bonds is 13. The molecule has 0 unspecified atom stereocenters. The Labute approximate surface area is 221 Å². The van der Waals surface area contributed by atoms with E-state index in [1.54, 1.807) is 6.07 Å². The Morgan fingerprint density at radius 3 is 2.03 bits per heavy atom. The molecule has 2 rings (SSSR count). The molecule has 0 saturated heterocycles. The number of carbonyl (C=O) groups excluding carboxylic acids is 1. The maximum atomic E-state index is 11.5. The van der Waals surface area contributed by atoms with Crippen LogP contribution in [0.2, 0.25) is 37.3 Å². The molecule has 0 aliphatic carbocycles. The number of phenolic OH excluding ortho intramolecular Hbond substituents is 1. The number of esters is 1. The highest BCUT2D eigenvalue weighted by Crippen LogP contribution is 2.46. The smallest absolute Gasteiger partial charge is 0.308 e. The fraction of sp³-hybridized carbons (Fsp3) is 0.567. The Balaban J connectivity index is 1.99. The number of aryl methyl sites for hydroxylation is 2. The lowest BCUT2D eigenvalue weighted by Gasteiger charge is -2.50. The van der Waals surface area contributed by atoms with Crippen LogP contribution in [0.15, 0.2) is 48.5 Å². The summed E-state index contributed by atoms with van der Waals surface area (Å²) < 4.78 is 12.5. The van der Waals surface area contributed by atoms with Crippen molar-refractivity contribution in [3.05, 3.63) is 59.7 Å². The molecule has 200 valence electrons. The summed E-state index contributed by atoms with van der Waals surface area (Å²) in [6, 6.07) is 16.7. The van der Waals surface area contributed by atoms with Crippen LogP contribution in [0.4, 0.5) is 0 Å². The van der Waals surface area contributed by atoms with Gasteiger partial charge in [-0.25, -0.2) is 0 Å². The third-order valence-electron chi connectivity index (χ3n) is 8.48. The molecule has 36 heavy (non-hydrogen) atoms. The van der Waals surface area contributed by atoms with Gasteiger partial charge in [-0.2, -0.15) is 0 Å². The third-order valence-corrected chi connectivity index (χ3v) is 18.2. The van der Waals surface area contributed by atoms with Crippen LogP contribution in [0.25, 0.3) is 0 Å². The van der Waals surface area contributed by atoms with Crippen LogP contribution in [0, 0.1) is 0 Å². The Morgan fingerprint density at radius 1 is 0.861 bits per heavy atom. The topological polar surface area (TPSA) is 55.8 Å². The molecule has 2 aromatic rings. The summed E-state index contributed by atoms with van der Waals surface area (Å²) in [6.45, 7) is 20.4. The molecule has 0 spiro atoms. The molecule has 0 bridgehead atoms. The fourth-order valence-electron chi connectivity index (χ4n) is 4.64. The highest BCUT2D eigenvalue weighted by molar-refractivity contribution is 6.82. The Morgan fingerprint density at radius 2 is 1.42 bits per heavy atom. The van der Waals surface area contributed by atoms with Gasteiger partial charge in [-0.3, -0.25) is 4.79 Å². The SMILES string of the molecule is CC(=O)Oc1ccccc1CCCC(C)(C)[Si](C)(C)OC(C)(C)[Si](C)(C)CCCc1ccccc1O. The second kappa shape index (κ2) is 12.1. The molecule has 0 fully saturated rings. The van der Waals surface area contributed by atoms with Crippen LogP contribution in [-0.4, -0.2) is 32.7 Å². The molecule has 1 N–H and O–H groups in total. The highest BCUT2D eigenvalue weighted by atomic mass is 28.4. The molecule has 2 aromatic carbocycles. The van der Waals surface area contributed by atoms with E-state index in [-0.39, 0.29) is 16.2 Å². The number of aromatic hydroxyl groups is 1. The lowest BCUT2D eigenvalue weighted by atomic mass is 10.0. The molecule has 0 heterocycles. The first-order valence-electron chi connectivity index (χ1n) is 13.3. The minimum Gasteiger partial charge on any atom is -0.508 e. The third kappa shape index (κ3) is 8.05. The normalized spacial score (nSPS) is 13.0. The number of para-hydroxylation sites is 2. The minimum absolute atomic E-state index is 0.0982. The molecule has 0 aliphatic rings. The summed E-state index contributed by atoms with van der Waals surface area (Å²) in [4.78, 5) is 11.5. The Hall–Kier alpha value is -1.90. The van der Waals surface area contributed by atoms with Gasteiger partial charge in [0.05, 0.1) is 8.07 Å². The molecular weight excluding hydrogens is 480 g/mol. The Kier molecular flexibility index (Phi) is 10.2. The van der Waals surface area contributed by atoms with Gasteiger partial charge in [0, 0.05) is 12.1 Å². The Bertz CT molecular complexity index is 1010. The zero-order valence-electron chi connectivity index (χ0n) is 24.0. The summed E-state index contributed by atoms with van der Waals surface area (Å²) in [7, 11) is -3.77. The molecule has 0 radical (unpaired) electrons. The van der Waals surface area contributed by atoms with E-state index in [1.165, 1.54) is 6.92 Å². The van der Waals surface area contributed by atoms with E-state index in [9.17, 15) is 9.90 Å². The minimum atomic E-state index is -2.06. The van der Waals surface area contributed by atoms with Gasteiger partial charge >= 0.3 is 5.97 Å². The summed E-state index contributed by atoms with van der Waals surface area (Å²) in [6.07, 6.45) is 4.93. The van der Waals surface area contributed by atoms with Gasteiger partial charge < -0.3 is 14.3 Å². The number of benzene rings is 2. The second-order valence-corrected chi connectivity index (χ2v) is 22.5. The van der Waals surface area contributed by atoms with Crippen LogP contribution in [0.1, 0.15) is 65.0 Å². The molecule has 0 amide bonds. The average Bonchev–Trinajstić information content (AvgIpc) is 2.75. The molecule has 0 saturated carbocycles. The standard InChI is InChI=1S/C30H48O4Si2/c1-24(31)33-28-21-13-11-17-26(28)18-14-22-29(2,3)36(8,9)34-30(4,5)35(6,7)23-15-19-25-16-10-12-20-27(25)32/h10-13,16-17,20-21,32H,14-15,18-19,22-23H2,1-9H3. The zero-order valence-corrected chi connectivity index (χ0v) is 26.0. The van der Waals surface area contributed by atoms with E-state index in [4.69, 9.17) is 9.16 Å². The van der Waals surface area contributed by atoms with Crippen LogP contribution in [0.3, 0.4) is 0 Å². The number of hydrogen-bond donors (Lipinski definition) is 1. The summed E-state index contributed by atoms with van der Waals surface area (Å²) in [5, 5.41) is 10.1. The second-order valence-electron chi connectivity index (χ2n) is 12.4. The molecule has 6 heteroatoms. The van der Waals surface area contributed by atoms with Crippen LogP contribution < -0.4 is 4.74 Å². The molecule has 0 aromatic heterocycles. The van der Waals surface area contributed by atoms with Crippen molar-refractivity contribution in [3.8, 4) is 11.5 Å². The van der Waals surface area contributed by atoms with E-state index >= 15 is 0 Å². The monoisotopic (exact) mass is 528 g/mol. The number of phenols is 1. The summed E-state index contributed by atoms with van der Waals surface area (Å²) in [5.41, 5.74) is 2.12. The van der Waals surface area contributed by atoms with Crippen molar-refractivity contribution in [2.24, 2.45) is 0 Å². The van der Waals surface area contributed by atoms with Crippen LogP contribution in [-0.2, 0) is 22.1 Å². The molecular formula is C30H48O4Si2. The van der Waals surface area contributed by atoms with Gasteiger partial charge in [0.1, 0.15) is 11.5 Å². The van der Waals surface area contributed by atoms with Crippen molar-refractivity contribution in [2.75, 3.05) is 0 Å². The van der Waals surface area contributed by atoms with Crippen molar-refractivity contribution in [1.82, 2.24) is 0 Å². The van der Waals surface area contributed by atoms with Crippen LogP contribution in [0.5, 0.6) is 11.5 Å². The first kappa shape index (κ1) is 30.3. The van der Waals surface area contributed by atoms with Gasteiger partial charge in [-0.1, -0.05) is 75.8 Å². The number of carbonyl (C=O) groups is 1. The average molecular weight is 529 g/mol. The maximum Gasteiger partial charge on any atom is 0.308 e. The quantitative estimate of drug-likeness (QED) is 0.161. The molecule has 0 aliphatic heterocycles. The van der Waals surface area contributed by atoms with Crippen molar-refractivity contribution < 1.29 is 19.1 Å². The summed E-state index contributed by atoms with van der Waals surface area (Å²) in [5.74, 6) is 0.797. The largest absolute Gasteiger partial charge is 0.508 e. The predicted molar refractivity (Wildman–Crippen MR) is 156 cm³/mol. The first-order chi connectivity index (χ1) is 16.6. The van der Waals surface area contributed by atoms with E-state index in [0.29, 0.717) is 11.5 Å². The van der Waals surface area contributed by atoms with Crippen LogP contribution >= 0.6 is 0 Å². The lowest BCUT2D eigenvalue weighted by Crippen LogP contribution is -2.59. The summed E-state index contributed by atoms with van der Waals surface area (Å²) >= 11 is 0. The lowest BCUT2D eigenvalue weighted by molar-refractivity contribution is -0.131. The maximum absolute atomic E-state index is 11.5. The van der Waals surface area contributed by atoms with Gasteiger partial charge in [0.25, 0.3) is 0 Å². The number of hydrogen-bond acceptors (Lipinski definition) is 4. The van der Waals surface area contributed by atoms with Gasteiger partial charge in [0.2, 0.25) is 0 Å². The van der Waals surface area contributed by atoms with Crippen molar-refractivity contribution in [1.29, 1.82) is 0 Å². The van der Waals surface area contributed by atoms with E-state index in [2.05, 4.69) is 59.9 Å². The van der Waals surface area contributed by atoms with Crippen molar-refractivity contribution >= 4 is 22.4 Å². The van der Waals surface area contributed by atoms with E-state index in [0.717, 1.165) is 49.3 Å². The van der Waals surface area contributed by atoms with Gasteiger partial charge in [-0.05, 0) is 80.9 Å². The fourth-order valence-corrected chi connectivity index (χ4v) is 10.5. The number of ether oxygens (including phenoxy) is 1. The van der Waals surface area contributed by atoms with E-state index in [1.807, 2.05) is 36.4 Å². The van der Waals surface area contributed by atoms with E-state index < -0.39 is 16.4 Å². The van der Waals surface area contributed by atoms with Gasteiger partial charge in [-0.15, -0.1) is 0 Å². The first-order valence-corrected chi connectivity index (χ1v) is 19.4. The molecule has 0 atom stereocenters. The van der Waals surface area contributed by atoms with Crippen molar-refractivity contribution in [3.63, 3.8) is 0 Å². The van der Waals surface area contributed by atoms with Crippen molar-refractivity contribution in [2.45, 2.75) is 109 Å².